The van der Waals surface area contributed by atoms with Crippen molar-refractivity contribution in [2.45, 2.75) is 19.4 Å². The third kappa shape index (κ3) is 2.86. The summed E-state index contributed by atoms with van der Waals surface area (Å²) in [5, 5.41) is 24.6. The van der Waals surface area contributed by atoms with Gasteiger partial charge in [-0.25, -0.2) is 9.97 Å². The lowest BCUT2D eigenvalue weighted by Crippen LogP contribution is -1.93. The van der Waals surface area contributed by atoms with Gasteiger partial charge < -0.3 is 15.5 Å². The van der Waals surface area contributed by atoms with Crippen LogP contribution in [0.2, 0.25) is 0 Å². The minimum absolute atomic E-state index is 0.0557. The van der Waals surface area contributed by atoms with Gasteiger partial charge in [0.2, 0.25) is 0 Å². The molecule has 0 aromatic carbocycles. The van der Waals surface area contributed by atoms with Crippen molar-refractivity contribution in [3.05, 3.63) is 16.1 Å². The van der Waals surface area contributed by atoms with Crippen LogP contribution in [0.4, 0.5) is 5.13 Å². The summed E-state index contributed by atoms with van der Waals surface area (Å²) in [4.78, 5) is 9.82. The van der Waals surface area contributed by atoms with E-state index in [2.05, 4.69) is 15.3 Å². The number of aromatic nitrogens is 2. The van der Waals surface area contributed by atoms with E-state index < -0.39 is 0 Å². The van der Waals surface area contributed by atoms with E-state index in [0.29, 0.717) is 17.8 Å². The quantitative estimate of drug-likeness (QED) is 0.753. The molecule has 0 unspecified atom stereocenters. The molecule has 0 saturated carbocycles. The van der Waals surface area contributed by atoms with Gasteiger partial charge in [-0.15, -0.1) is 22.7 Å². The van der Waals surface area contributed by atoms with E-state index in [1.807, 2.05) is 12.4 Å². The van der Waals surface area contributed by atoms with Crippen molar-refractivity contribution in [3.8, 4) is 10.6 Å². The van der Waals surface area contributed by atoms with Crippen LogP contribution in [0.25, 0.3) is 10.6 Å². The summed E-state index contributed by atoms with van der Waals surface area (Å²) < 4.78 is 0. The first-order valence-corrected chi connectivity index (χ1v) is 7.32. The number of nitrogens with zero attached hydrogens (tertiary/aromatic N) is 2. The molecule has 0 spiro atoms. The lowest BCUT2D eigenvalue weighted by Gasteiger charge is -1.97. The monoisotopic (exact) mass is 285 g/mol. The predicted octanol–water partition coefficient (Wildman–Crippen LogP) is 1.73. The van der Waals surface area contributed by atoms with Gasteiger partial charge in [0.1, 0.15) is 5.01 Å². The molecule has 0 radical (unpaired) electrons. The Morgan fingerprint density at radius 2 is 2.17 bits per heavy atom. The van der Waals surface area contributed by atoms with Gasteiger partial charge in [0.15, 0.2) is 5.13 Å². The van der Waals surface area contributed by atoms with Gasteiger partial charge in [0.05, 0.1) is 22.9 Å². The first-order chi connectivity index (χ1) is 8.78. The van der Waals surface area contributed by atoms with Crippen LogP contribution < -0.4 is 5.32 Å². The summed E-state index contributed by atoms with van der Waals surface area (Å²) in [7, 11) is 1.83. The molecule has 18 heavy (non-hydrogen) atoms. The molecule has 5 nitrogen and oxygen atoms in total. The van der Waals surface area contributed by atoms with Gasteiger partial charge in [-0.1, -0.05) is 0 Å². The van der Waals surface area contributed by atoms with Crippen LogP contribution in [0.1, 0.15) is 17.1 Å². The maximum absolute atomic E-state index is 9.17. The lowest BCUT2D eigenvalue weighted by atomic mass is 10.2. The summed E-state index contributed by atoms with van der Waals surface area (Å²) in [6.45, 7) is 0.0874. The number of hydrogen-bond acceptors (Lipinski definition) is 7. The van der Waals surface area contributed by atoms with Gasteiger partial charge >= 0.3 is 0 Å². The lowest BCUT2D eigenvalue weighted by molar-refractivity contribution is 0.280. The van der Waals surface area contributed by atoms with Gasteiger partial charge in [-0.2, -0.15) is 0 Å². The predicted molar refractivity (Wildman–Crippen MR) is 74.1 cm³/mol. The molecule has 0 atom stereocenters. The number of aliphatic hydroxyl groups is 2. The van der Waals surface area contributed by atoms with E-state index in [1.165, 1.54) is 22.7 Å². The number of aryl methyl sites for hydroxylation is 1. The Bertz CT molecular complexity index is 510. The van der Waals surface area contributed by atoms with Crippen LogP contribution in [0.3, 0.4) is 0 Å². The first kappa shape index (κ1) is 13.4. The standard InChI is InChI=1S/C11H15N3O2S2/c1-12-11-14-8(6-17-11)10-7(3-2-4-15)13-9(5-16)18-10/h6,15-16H,2-5H2,1H3,(H,12,14). The van der Waals surface area contributed by atoms with Crippen molar-refractivity contribution in [3.63, 3.8) is 0 Å². The molecule has 0 saturated heterocycles. The minimum Gasteiger partial charge on any atom is -0.396 e. The van der Waals surface area contributed by atoms with Crippen LogP contribution in [0.5, 0.6) is 0 Å². The molecule has 2 rings (SSSR count). The highest BCUT2D eigenvalue weighted by atomic mass is 32.1. The van der Waals surface area contributed by atoms with Gasteiger partial charge in [0.25, 0.3) is 0 Å². The van der Waals surface area contributed by atoms with Crippen molar-refractivity contribution in [1.29, 1.82) is 0 Å². The van der Waals surface area contributed by atoms with E-state index in [-0.39, 0.29) is 13.2 Å². The highest BCUT2D eigenvalue weighted by Crippen LogP contribution is 2.33. The zero-order chi connectivity index (χ0) is 13.0. The zero-order valence-electron chi connectivity index (χ0n) is 10.0. The Kier molecular flexibility index (Phi) is 4.65. The fourth-order valence-corrected chi connectivity index (χ4v) is 3.25. The van der Waals surface area contributed by atoms with Crippen molar-refractivity contribution in [2.75, 3.05) is 19.0 Å². The second-order valence-electron chi connectivity index (χ2n) is 3.66. The highest BCUT2D eigenvalue weighted by Gasteiger charge is 2.15. The molecule has 0 aliphatic carbocycles. The average Bonchev–Trinajstić information content (AvgIpc) is 3.02. The van der Waals surface area contributed by atoms with E-state index >= 15 is 0 Å². The number of aliphatic hydroxyl groups excluding tert-OH is 2. The number of hydrogen-bond donors (Lipinski definition) is 3. The Labute approximate surface area is 113 Å². The second kappa shape index (κ2) is 6.24. The summed E-state index contributed by atoms with van der Waals surface area (Å²) in [5.41, 5.74) is 1.79. The fourth-order valence-electron chi connectivity index (χ4n) is 1.58. The van der Waals surface area contributed by atoms with Crippen LogP contribution in [-0.4, -0.2) is 33.8 Å². The van der Waals surface area contributed by atoms with E-state index in [0.717, 1.165) is 21.4 Å². The molecule has 2 aromatic rings. The fraction of sp³-hybridized carbons (Fsp3) is 0.455. The van der Waals surface area contributed by atoms with Gasteiger partial charge in [-0.05, 0) is 12.8 Å². The third-order valence-electron chi connectivity index (χ3n) is 2.40. The van der Waals surface area contributed by atoms with Crippen LogP contribution in [0.15, 0.2) is 5.38 Å². The van der Waals surface area contributed by atoms with Gasteiger partial charge in [-0.3, -0.25) is 0 Å². The minimum atomic E-state index is -0.0557. The van der Waals surface area contributed by atoms with Crippen molar-refractivity contribution < 1.29 is 10.2 Å². The van der Waals surface area contributed by atoms with Gasteiger partial charge in [0, 0.05) is 19.0 Å². The molecule has 0 aliphatic rings. The molecule has 0 bridgehead atoms. The maximum atomic E-state index is 9.17. The SMILES string of the molecule is CNc1nc(-c2sc(CO)nc2CCCO)cs1. The molecule has 98 valence electrons. The molecule has 0 fully saturated rings. The second-order valence-corrected chi connectivity index (χ2v) is 5.60. The Balaban J connectivity index is 2.31. The smallest absolute Gasteiger partial charge is 0.182 e. The molecular formula is C11H15N3O2S2. The van der Waals surface area contributed by atoms with E-state index in [1.54, 1.807) is 0 Å². The van der Waals surface area contributed by atoms with E-state index in [9.17, 15) is 0 Å². The van der Waals surface area contributed by atoms with E-state index in [4.69, 9.17) is 10.2 Å². The maximum Gasteiger partial charge on any atom is 0.182 e. The number of rotatable bonds is 6. The highest BCUT2D eigenvalue weighted by molar-refractivity contribution is 7.16. The topological polar surface area (TPSA) is 78.3 Å². The first-order valence-electron chi connectivity index (χ1n) is 5.62. The Morgan fingerprint density at radius 3 is 2.78 bits per heavy atom. The summed E-state index contributed by atoms with van der Waals surface area (Å²) in [5.74, 6) is 0. The Morgan fingerprint density at radius 1 is 1.33 bits per heavy atom. The number of anilines is 1. The summed E-state index contributed by atoms with van der Waals surface area (Å²) in [6, 6.07) is 0. The number of nitrogens with one attached hydrogen (secondary N) is 1. The molecule has 3 N–H and O–H groups in total. The average molecular weight is 285 g/mol. The van der Waals surface area contributed by atoms with Crippen molar-refractivity contribution in [1.82, 2.24) is 9.97 Å². The van der Waals surface area contributed by atoms with Crippen LogP contribution in [-0.2, 0) is 13.0 Å². The van der Waals surface area contributed by atoms with Crippen molar-refractivity contribution >= 4 is 27.8 Å². The molecular weight excluding hydrogens is 270 g/mol. The van der Waals surface area contributed by atoms with Crippen LogP contribution >= 0.6 is 22.7 Å². The number of thiazole rings is 2. The normalized spacial score (nSPS) is 10.8. The molecule has 7 heteroatoms. The summed E-state index contributed by atoms with van der Waals surface area (Å²) in [6.07, 6.45) is 1.37. The molecule has 0 aliphatic heterocycles. The van der Waals surface area contributed by atoms with Crippen LogP contribution in [0, 0.1) is 0 Å². The largest absolute Gasteiger partial charge is 0.396 e. The van der Waals surface area contributed by atoms with Crippen molar-refractivity contribution in [2.24, 2.45) is 0 Å². The molecule has 2 heterocycles. The molecule has 0 amide bonds. The summed E-state index contributed by atoms with van der Waals surface area (Å²) >= 11 is 3.00. The molecule has 2 aromatic heterocycles. The zero-order valence-corrected chi connectivity index (χ0v) is 11.6. The Hall–Kier alpha value is -1.02. The third-order valence-corrected chi connectivity index (χ3v) is 4.36.